The predicted octanol–water partition coefficient (Wildman–Crippen LogP) is -1.97. The molecule has 0 aromatic carbocycles. The molecular weight excluding hydrogens is 347 g/mol. The Morgan fingerprint density at radius 1 is 0.833 bits per heavy atom. The van der Waals surface area contributed by atoms with E-state index >= 15 is 0 Å². The summed E-state index contributed by atoms with van der Waals surface area (Å²) in [6.07, 6.45) is 4.26. The fourth-order valence-corrected chi connectivity index (χ4v) is 1.09. The van der Waals surface area contributed by atoms with Gasteiger partial charge in [-0.05, 0) is 20.8 Å². The topological polar surface area (TPSA) is 120 Å². The molecule has 0 unspecified atom stereocenters. The molecule has 0 aliphatic carbocycles. The Bertz CT molecular complexity index is 161. The van der Waals surface area contributed by atoms with Gasteiger partial charge in [0.2, 0.25) is 0 Å². The second kappa shape index (κ2) is 25.2. The molecule has 18 heavy (non-hydrogen) atoms. The fraction of sp³-hybridized carbons (Fsp3) is 0.727. The SMILES string of the molecule is CC(=O)[O-].CC(=O)[O-].CC(=O)[O-].CCCC[CH2][Sn+3]. The molecule has 0 aliphatic rings. The molecule has 0 aliphatic heterocycles. The van der Waals surface area contributed by atoms with Crippen LogP contribution >= 0.6 is 0 Å². The van der Waals surface area contributed by atoms with Crippen LogP contribution in [0.25, 0.3) is 0 Å². The van der Waals surface area contributed by atoms with Crippen LogP contribution in [0.2, 0.25) is 4.44 Å². The van der Waals surface area contributed by atoms with Crippen molar-refractivity contribution in [1.82, 2.24) is 0 Å². The number of hydrogen-bond donors (Lipinski definition) is 0. The summed E-state index contributed by atoms with van der Waals surface area (Å²) in [4.78, 5) is 26.7. The van der Waals surface area contributed by atoms with Gasteiger partial charge in [-0.25, -0.2) is 0 Å². The average Bonchev–Trinajstić information content (AvgIpc) is 2.11. The number of carbonyl (C=O) groups excluding carboxylic acids is 3. The Morgan fingerprint density at radius 3 is 1.11 bits per heavy atom. The van der Waals surface area contributed by atoms with Crippen molar-refractivity contribution in [2.45, 2.75) is 51.4 Å². The molecule has 0 aromatic heterocycles. The van der Waals surface area contributed by atoms with E-state index in [0.29, 0.717) is 0 Å². The van der Waals surface area contributed by atoms with E-state index in [0.717, 1.165) is 20.8 Å². The monoisotopic (exact) mass is 368 g/mol. The third-order valence-electron chi connectivity index (χ3n) is 0.780. The molecule has 104 valence electrons. The molecule has 0 rings (SSSR count). The van der Waals surface area contributed by atoms with Crippen LogP contribution in [-0.2, 0) is 14.4 Å². The first-order chi connectivity index (χ1) is 8.11. The number of aliphatic carboxylic acids is 3. The molecular formula is C11H20O6Sn. The third-order valence-corrected chi connectivity index (χ3v) is 1.79. The van der Waals surface area contributed by atoms with Gasteiger partial charge in [0, 0.05) is 17.9 Å². The predicted molar refractivity (Wildman–Crippen MR) is 62.1 cm³/mol. The molecule has 0 fully saturated rings. The molecule has 0 amide bonds. The van der Waals surface area contributed by atoms with Crippen LogP contribution in [-0.4, -0.2) is 40.4 Å². The molecule has 0 aromatic rings. The Balaban J connectivity index is -0.0000000742. The average molecular weight is 367 g/mol. The van der Waals surface area contributed by atoms with Gasteiger partial charge in [0.15, 0.2) is 0 Å². The maximum atomic E-state index is 8.89. The Kier molecular flexibility index (Phi) is 36.2. The van der Waals surface area contributed by atoms with Crippen LogP contribution in [0.15, 0.2) is 0 Å². The molecule has 0 atom stereocenters. The zero-order valence-electron chi connectivity index (χ0n) is 11.3. The Morgan fingerprint density at radius 2 is 1.06 bits per heavy atom. The van der Waals surface area contributed by atoms with Crippen molar-refractivity contribution in [2.24, 2.45) is 0 Å². The Labute approximate surface area is 121 Å². The molecule has 6 nitrogen and oxygen atoms in total. The summed E-state index contributed by atoms with van der Waals surface area (Å²) < 4.78 is 1.44. The standard InChI is InChI=1S/C5H11.3C2H4O2.Sn/c1-3-5-4-2;3*1-2(3)4;/h1,3-5H2,2H3;3*1H3,(H,3,4);/q;;;;+3/p-3. The van der Waals surface area contributed by atoms with Crippen molar-refractivity contribution in [3.63, 3.8) is 0 Å². The zero-order chi connectivity index (χ0) is 15.6. The van der Waals surface area contributed by atoms with Crippen molar-refractivity contribution in [1.29, 1.82) is 0 Å². The molecule has 0 saturated heterocycles. The van der Waals surface area contributed by atoms with Gasteiger partial charge < -0.3 is 29.7 Å². The van der Waals surface area contributed by atoms with E-state index in [-0.39, 0.29) is 0 Å². The van der Waals surface area contributed by atoms with Crippen molar-refractivity contribution in [2.75, 3.05) is 0 Å². The van der Waals surface area contributed by atoms with Gasteiger partial charge in [-0.3, -0.25) is 0 Å². The van der Waals surface area contributed by atoms with E-state index in [1.165, 1.54) is 23.7 Å². The van der Waals surface area contributed by atoms with Crippen molar-refractivity contribution >= 4 is 40.4 Å². The number of hydrogen-bond acceptors (Lipinski definition) is 6. The van der Waals surface area contributed by atoms with E-state index in [1.54, 1.807) is 22.5 Å². The Hall–Kier alpha value is -0.791. The summed E-state index contributed by atoms with van der Waals surface area (Å²) in [6.45, 7) is 5.16. The molecule has 0 heterocycles. The quantitative estimate of drug-likeness (QED) is 0.422. The summed E-state index contributed by atoms with van der Waals surface area (Å²) in [6, 6.07) is 0. The van der Waals surface area contributed by atoms with Crippen LogP contribution in [0, 0.1) is 0 Å². The number of carboxylic acids is 3. The van der Waals surface area contributed by atoms with E-state index < -0.39 is 17.9 Å². The molecule has 0 bridgehead atoms. The summed E-state index contributed by atoms with van der Waals surface area (Å²) in [7, 11) is 0. The first kappa shape index (κ1) is 25.9. The van der Waals surface area contributed by atoms with Crippen molar-refractivity contribution in [3.05, 3.63) is 0 Å². The van der Waals surface area contributed by atoms with E-state index in [1.807, 2.05) is 0 Å². The van der Waals surface area contributed by atoms with Gasteiger partial charge in [0.05, 0.1) is 0 Å². The summed E-state index contributed by atoms with van der Waals surface area (Å²) in [5, 5.41) is 26.7. The summed E-state index contributed by atoms with van der Waals surface area (Å²) in [5.74, 6) is -3.25. The van der Waals surface area contributed by atoms with Gasteiger partial charge in [-0.15, -0.1) is 0 Å². The van der Waals surface area contributed by atoms with Crippen LogP contribution in [0.5, 0.6) is 0 Å². The van der Waals surface area contributed by atoms with Gasteiger partial charge in [-0.1, -0.05) is 0 Å². The normalized spacial score (nSPS) is 7.22. The molecule has 0 spiro atoms. The van der Waals surface area contributed by atoms with Crippen molar-refractivity contribution < 1.29 is 29.7 Å². The minimum absolute atomic E-state index is 0.972. The molecule has 0 N–H and O–H groups in total. The first-order valence-corrected chi connectivity index (χ1v) is 7.30. The number of unbranched alkanes of at least 4 members (excludes halogenated alkanes) is 2. The van der Waals surface area contributed by atoms with Crippen LogP contribution in [0.3, 0.4) is 0 Å². The second-order valence-corrected chi connectivity index (χ2v) is 4.36. The number of carboxylic acid groups (broad SMARTS) is 3. The number of rotatable bonds is 3. The number of carbonyl (C=O) groups is 3. The maximum absolute atomic E-state index is 8.89. The van der Waals surface area contributed by atoms with Crippen LogP contribution < -0.4 is 15.3 Å². The van der Waals surface area contributed by atoms with Gasteiger partial charge >= 0.3 is 53.1 Å². The van der Waals surface area contributed by atoms with Crippen LogP contribution in [0.4, 0.5) is 0 Å². The molecule has 0 saturated carbocycles. The molecule has 7 heteroatoms. The zero-order valence-corrected chi connectivity index (χ0v) is 14.1. The minimum atomic E-state index is -1.08. The second-order valence-electron chi connectivity index (χ2n) is 2.93. The van der Waals surface area contributed by atoms with E-state index in [4.69, 9.17) is 29.7 Å². The first-order valence-electron chi connectivity index (χ1n) is 5.29. The summed E-state index contributed by atoms with van der Waals surface area (Å²) in [5.41, 5.74) is 0. The van der Waals surface area contributed by atoms with Gasteiger partial charge in [0.25, 0.3) is 0 Å². The van der Waals surface area contributed by atoms with Gasteiger partial charge in [-0.2, -0.15) is 0 Å². The van der Waals surface area contributed by atoms with E-state index in [9.17, 15) is 0 Å². The summed E-state index contributed by atoms with van der Waals surface area (Å²) >= 11 is 1.69. The van der Waals surface area contributed by atoms with Gasteiger partial charge in [0.1, 0.15) is 0 Å². The van der Waals surface area contributed by atoms with Crippen LogP contribution in [0.1, 0.15) is 47.0 Å². The molecule has 0 radical (unpaired) electrons. The van der Waals surface area contributed by atoms with Crippen molar-refractivity contribution in [3.8, 4) is 0 Å². The fourth-order valence-electron chi connectivity index (χ4n) is 0.375. The van der Waals surface area contributed by atoms with E-state index in [2.05, 4.69) is 6.92 Å². The third kappa shape index (κ3) is 629.